The Bertz CT molecular complexity index is 1390. The van der Waals surface area contributed by atoms with Gasteiger partial charge in [-0.15, -0.1) is 0 Å². The molecule has 2 aromatic carbocycles. The molecule has 0 bridgehead atoms. The zero-order valence-electron chi connectivity index (χ0n) is 24.1. The second-order valence-electron chi connectivity index (χ2n) is 9.90. The van der Waals surface area contributed by atoms with Gasteiger partial charge in [0, 0.05) is 54.1 Å². The van der Waals surface area contributed by atoms with Crippen LogP contribution in [0, 0.1) is 0 Å². The molecule has 1 fully saturated rings. The summed E-state index contributed by atoms with van der Waals surface area (Å²) in [6, 6.07) is 12.5. The Morgan fingerprint density at radius 1 is 0.976 bits per heavy atom. The molecule has 1 unspecified atom stereocenters. The Balaban J connectivity index is 1.42. The minimum atomic E-state index is -0.539. The number of halogens is 2. The summed E-state index contributed by atoms with van der Waals surface area (Å²) in [6.07, 6.45) is 2.60. The van der Waals surface area contributed by atoms with E-state index in [1.54, 1.807) is 46.3 Å². The summed E-state index contributed by atoms with van der Waals surface area (Å²) in [5, 5.41) is 0.834. The van der Waals surface area contributed by atoms with Crippen molar-refractivity contribution in [1.82, 2.24) is 14.8 Å². The predicted molar refractivity (Wildman–Crippen MR) is 164 cm³/mol. The number of benzene rings is 2. The van der Waals surface area contributed by atoms with Crippen LogP contribution in [0.2, 0.25) is 10.0 Å². The van der Waals surface area contributed by atoms with E-state index in [0.29, 0.717) is 72.1 Å². The summed E-state index contributed by atoms with van der Waals surface area (Å²) in [4.78, 5) is 33.0. The van der Waals surface area contributed by atoms with E-state index < -0.39 is 6.10 Å². The number of nitrogens with zero attached hydrogens (tertiary/aromatic N) is 3. The van der Waals surface area contributed by atoms with Gasteiger partial charge in [0.05, 0.1) is 18.2 Å². The molecule has 9 nitrogen and oxygen atoms in total. The maximum absolute atomic E-state index is 13.1. The quantitative estimate of drug-likeness (QED) is 0.248. The number of nitrogen functional groups attached to an aromatic ring is 1. The number of nitrogens with two attached hydrogens (primary N) is 1. The fourth-order valence-corrected chi connectivity index (χ4v) is 5.35. The number of piperazine rings is 1. The molecule has 11 heteroatoms. The second kappa shape index (κ2) is 14.5. The number of amides is 2. The van der Waals surface area contributed by atoms with Crippen molar-refractivity contribution in [2.45, 2.75) is 39.7 Å². The number of unbranched alkanes of at least 4 members (excludes halogenated alkanes) is 1. The van der Waals surface area contributed by atoms with Crippen molar-refractivity contribution in [2.24, 2.45) is 0 Å². The highest BCUT2D eigenvalue weighted by molar-refractivity contribution is 6.37. The summed E-state index contributed by atoms with van der Waals surface area (Å²) in [5.74, 6) is 1.03. The zero-order chi connectivity index (χ0) is 30.2. The molecule has 0 spiro atoms. The van der Waals surface area contributed by atoms with E-state index in [-0.39, 0.29) is 17.8 Å². The predicted octanol–water partition coefficient (Wildman–Crippen LogP) is 6.87. The molecule has 1 atom stereocenters. The van der Waals surface area contributed by atoms with Crippen LogP contribution in [0.1, 0.15) is 55.6 Å². The van der Waals surface area contributed by atoms with Crippen LogP contribution in [-0.4, -0.2) is 66.2 Å². The van der Waals surface area contributed by atoms with Crippen LogP contribution in [0.25, 0.3) is 11.1 Å². The summed E-state index contributed by atoms with van der Waals surface area (Å²) in [7, 11) is 0. The maximum atomic E-state index is 13.1. The minimum absolute atomic E-state index is 0.0862. The van der Waals surface area contributed by atoms with Crippen LogP contribution in [0.4, 0.5) is 10.6 Å². The van der Waals surface area contributed by atoms with E-state index in [2.05, 4.69) is 4.98 Å². The van der Waals surface area contributed by atoms with Gasteiger partial charge in [0.25, 0.3) is 5.91 Å². The standard InChI is InChI=1S/C31H36Cl2N4O5/c1-4-6-17-41-31(39)37-15-13-36(14-16-37)30(38)22-9-7-21(8-10-22)23-18-26(29(34)35-19-23)42-20(3)27-24(32)11-12-25(28(27)33)40-5-2/h7-12,18-20H,4-6,13-17H2,1-3H3,(H2,34,35). The molecule has 42 heavy (non-hydrogen) atoms. The number of ether oxygens (including phenoxy) is 3. The summed E-state index contributed by atoms with van der Waals surface area (Å²) >= 11 is 13.0. The van der Waals surface area contributed by atoms with E-state index >= 15 is 0 Å². The summed E-state index contributed by atoms with van der Waals surface area (Å²) in [5.41, 5.74) is 8.90. The Labute approximate surface area is 256 Å². The largest absolute Gasteiger partial charge is 0.492 e. The van der Waals surface area contributed by atoms with Gasteiger partial charge >= 0.3 is 6.09 Å². The van der Waals surface area contributed by atoms with Crippen LogP contribution < -0.4 is 15.2 Å². The average molecular weight is 616 g/mol. The molecule has 1 saturated heterocycles. The molecule has 0 aliphatic carbocycles. The monoisotopic (exact) mass is 614 g/mol. The van der Waals surface area contributed by atoms with Gasteiger partial charge in [-0.25, -0.2) is 9.78 Å². The maximum Gasteiger partial charge on any atom is 0.409 e. The summed E-state index contributed by atoms with van der Waals surface area (Å²) < 4.78 is 17.1. The fourth-order valence-electron chi connectivity index (χ4n) is 4.62. The van der Waals surface area contributed by atoms with Gasteiger partial charge in [-0.05, 0) is 56.2 Å². The molecule has 0 radical (unpaired) electrons. The highest BCUT2D eigenvalue weighted by atomic mass is 35.5. The normalized spacial score (nSPS) is 13.9. The smallest absolute Gasteiger partial charge is 0.409 e. The van der Waals surface area contributed by atoms with Crippen LogP contribution in [0.5, 0.6) is 11.5 Å². The SMILES string of the molecule is CCCCOC(=O)N1CCN(C(=O)c2ccc(-c3cnc(N)c(OC(C)c4c(Cl)ccc(OCC)c4Cl)c3)cc2)CC1. The van der Waals surface area contributed by atoms with E-state index in [1.165, 1.54) is 0 Å². The molecule has 4 rings (SSSR count). The fraction of sp³-hybridized carbons (Fsp3) is 0.387. The third kappa shape index (κ3) is 7.38. The van der Waals surface area contributed by atoms with E-state index in [1.807, 2.05) is 32.9 Å². The third-order valence-electron chi connectivity index (χ3n) is 7.00. The third-order valence-corrected chi connectivity index (χ3v) is 7.72. The number of anilines is 1. The minimum Gasteiger partial charge on any atom is -0.492 e. The van der Waals surface area contributed by atoms with Crippen LogP contribution in [-0.2, 0) is 4.74 Å². The van der Waals surface area contributed by atoms with Crippen molar-refractivity contribution >= 4 is 41.0 Å². The molecule has 1 aliphatic rings. The molecule has 2 heterocycles. The van der Waals surface area contributed by atoms with Crippen LogP contribution >= 0.6 is 23.2 Å². The van der Waals surface area contributed by atoms with Gasteiger partial charge in [0.2, 0.25) is 0 Å². The van der Waals surface area contributed by atoms with Gasteiger partial charge in [-0.1, -0.05) is 48.7 Å². The second-order valence-corrected chi connectivity index (χ2v) is 10.7. The highest BCUT2D eigenvalue weighted by Gasteiger charge is 2.26. The first-order valence-electron chi connectivity index (χ1n) is 14.1. The Hall–Kier alpha value is -3.69. The lowest BCUT2D eigenvalue weighted by Crippen LogP contribution is -2.50. The molecule has 3 aromatic rings. The van der Waals surface area contributed by atoms with E-state index in [9.17, 15) is 9.59 Å². The molecule has 2 N–H and O–H groups in total. The molecule has 1 aromatic heterocycles. The van der Waals surface area contributed by atoms with E-state index in [4.69, 9.17) is 43.1 Å². The van der Waals surface area contributed by atoms with Crippen molar-refractivity contribution in [3.8, 4) is 22.6 Å². The Morgan fingerprint density at radius 3 is 2.33 bits per heavy atom. The molecule has 0 saturated carbocycles. The van der Waals surface area contributed by atoms with Crippen molar-refractivity contribution in [3.63, 3.8) is 0 Å². The molecular weight excluding hydrogens is 579 g/mol. The lowest BCUT2D eigenvalue weighted by molar-refractivity contribution is 0.0557. The number of carbonyl (C=O) groups is 2. The number of rotatable bonds is 10. The highest BCUT2D eigenvalue weighted by Crippen LogP contribution is 2.40. The van der Waals surface area contributed by atoms with Gasteiger partial charge in [-0.3, -0.25) is 4.79 Å². The average Bonchev–Trinajstić information content (AvgIpc) is 2.99. The van der Waals surface area contributed by atoms with Crippen LogP contribution in [0.15, 0.2) is 48.7 Å². The van der Waals surface area contributed by atoms with Crippen molar-refractivity contribution in [3.05, 3.63) is 69.8 Å². The zero-order valence-corrected chi connectivity index (χ0v) is 25.6. The number of hydrogen-bond acceptors (Lipinski definition) is 7. The van der Waals surface area contributed by atoms with Gasteiger partial charge in [0.1, 0.15) is 11.9 Å². The first-order valence-corrected chi connectivity index (χ1v) is 14.8. The molecule has 2 amide bonds. The van der Waals surface area contributed by atoms with Gasteiger partial charge in [-0.2, -0.15) is 0 Å². The number of pyridine rings is 1. The molecular formula is C31H36Cl2N4O5. The van der Waals surface area contributed by atoms with Crippen LogP contribution in [0.3, 0.4) is 0 Å². The number of hydrogen-bond donors (Lipinski definition) is 1. The molecule has 1 aliphatic heterocycles. The van der Waals surface area contributed by atoms with Crippen molar-refractivity contribution in [1.29, 1.82) is 0 Å². The number of aromatic nitrogens is 1. The molecule has 224 valence electrons. The van der Waals surface area contributed by atoms with Gasteiger partial charge < -0.3 is 29.7 Å². The van der Waals surface area contributed by atoms with Crippen molar-refractivity contribution in [2.75, 3.05) is 45.1 Å². The Kier molecular flexibility index (Phi) is 10.8. The summed E-state index contributed by atoms with van der Waals surface area (Å²) in [6.45, 7) is 8.42. The van der Waals surface area contributed by atoms with E-state index in [0.717, 1.165) is 24.0 Å². The topological polar surface area (TPSA) is 107 Å². The first kappa shape index (κ1) is 31.3. The number of carbonyl (C=O) groups excluding carboxylic acids is 2. The van der Waals surface area contributed by atoms with Crippen molar-refractivity contribution < 1.29 is 23.8 Å². The first-order chi connectivity index (χ1) is 20.2. The lowest BCUT2D eigenvalue weighted by atomic mass is 10.0. The Morgan fingerprint density at radius 2 is 1.67 bits per heavy atom. The van der Waals surface area contributed by atoms with Gasteiger partial charge in [0.15, 0.2) is 11.6 Å². The lowest BCUT2D eigenvalue weighted by Gasteiger charge is -2.34.